The van der Waals surface area contributed by atoms with Crippen molar-refractivity contribution in [3.8, 4) is 5.75 Å². The highest BCUT2D eigenvalue weighted by Crippen LogP contribution is 2.56. The van der Waals surface area contributed by atoms with E-state index in [0.29, 0.717) is 10.7 Å². The Bertz CT molecular complexity index is 1440. The lowest BCUT2D eigenvalue weighted by atomic mass is 9.72. The average molecular weight is 480 g/mol. The molecule has 1 spiro atoms. The van der Waals surface area contributed by atoms with Gasteiger partial charge in [0.2, 0.25) is 0 Å². The number of carbonyl (C=O) groups is 1. The van der Waals surface area contributed by atoms with Crippen LogP contribution in [-0.4, -0.2) is 18.7 Å². The predicted molar refractivity (Wildman–Crippen MR) is 139 cm³/mol. The van der Waals surface area contributed by atoms with Crippen LogP contribution in [0.3, 0.4) is 0 Å². The van der Waals surface area contributed by atoms with Gasteiger partial charge in [-0.3, -0.25) is 4.79 Å². The minimum atomic E-state index is -1.13. The quantitative estimate of drug-likeness (QED) is 0.379. The average Bonchev–Trinajstić information content (AvgIpc) is 3.40. The zero-order valence-electron chi connectivity index (χ0n) is 19.0. The van der Waals surface area contributed by atoms with E-state index in [-0.39, 0.29) is 11.8 Å². The number of halogens is 1. The molecule has 6 rings (SSSR count). The van der Waals surface area contributed by atoms with E-state index >= 15 is 0 Å². The molecule has 2 heterocycles. The Morgan fingerprint density at radius 1 is 0.914 bits per heavy atom. The summed E-state index contributed by atoms with van der Waals surface area (Å²) in [6.45, 7) is 0. The van der Waals surface area contributed by atoms with Crippen LogP contribution in [0.1, 0.15) is 22.6 Å². The predicted octanol–water partition coefficient (Wildman–Crippen LogP) is 6.20. The zero-order chi connectivity index (χ0) is 24.0. The van der Waals surface area contributed by atoms with Crippen molar-refractivity contribution in [1.29, 1.82) is 0 Å². The van der Waals surface area contributed by atoms with Crippen molar-refractivity contribution >= 4 is 34.6 Å². The van der Waals surface area contributed by atoms with E-state index in [0.717, 1.165) is 33.8 Å². The van der Waals surface area contributed by atoms with E-state index in [1.807, 2.05) is 89.9 Å². The first kappa shape index (κ1) is 21.4. The van der Waals surface area contributed by atoms with Crippen LogP contribution in [0.4, 0.5) is 11.4 Å². The van der Waals surface area contributed by atoms with Gasteiger partial charge < -0.3 is 10.1 Å². The molecule has 172 valence electrons. The van der Waals surface area contributed by atoms with Crippen molar-refractivity contribution in [2.75, 3.05) is 17.4 Å². The second kappa shape index (κ2) is 8.29. The number of hydrazone groups is 1. The number of nitrogens with zero attached hydrogens (tertiary/aromatic N) is 2. The van der Waals surface area contributed by atoms with Gasteiger partial charge in [-0.2, -0.15) is 5.10 Å². The molecule has 0 bridgehead atoms. The summed E-state index contributed by atoms with van der Waals surface area (Å²) in [6, 6.07) is 33.3. The molecule has 1 amide bonds. The van der Waals surface area contributed by atoms with Crippen molar-refractivity contribution in [3.05, 3.63) is 125 Å². The normalized spacial score (nSPS) is 20.5. The summed E-state index contributed by atoms with van der Waals surface area (Å²) in [5.41, 5.74) is 3.98. The van der Waals surface area contributed by atoms with Crippen molar-refractivity contribution in [2.45, 2.75) is 11.5 Å². The maximum absolute atomic E-state index is 14.1. The zero-order valence-corrected chi connectivity index (χ0v) is 19.7. The van der Waals surface area contributed by atoms with Crippen LogP contribution in [0.2, 0.25) is 5.02 Å². The Hall–Kier alpha value is -4.09. The van der Waals surface area contributed by atoms with E-state index in [1.165, 1.54) is 0 Å². The second-order valence-electron chi connectivity index (χ2n) is 8.62. The van der Waals surface area contributed by atoms with Gasteiger partial charge in [0.05, 0.1) is 24.4 Å². The number of ether oxygens (including phenoxy) is 1. The minimum absolute atomic E-state index is 0.139. The Morgan fingerprint density at radius 3 is 2.29 bits per heavy atom. The summed E-state index contributed by atoms with van der Waals surface area (Å²) in [5.74, 6) is 0.247. The molecule has 5 nitrogen and oxygen atoms in total. The van der Waals surface area contributed by atoms with Gasteiger partial charge in [0, 0.05) is 16.3 Å². The molecule has 4 aromatic rings. The van der Waals surface area contributed by atoms with Gasteiger partial charge in [0.1, 0.15) is 5.75 Å². The van der Waals surface area contributed by atoms with Crippen LogP contribution in [0.15, 0.2) is 108 Å². The Morgan fingerprint density at radius 2 is 1.60 bits per heavy atom. The highest BCUT2D eigenvalue weighted by atomic mass is 35.5. The summed E-state index contributed by atoms with van der Waals surface area (Å²) in [4.78, 5) is 14.1. The summed E-state index contributed by atoms with van der Waals surface area (Å²) in [7, 11) is 1.64. The molecule has 2 atom stereocenters. The number of methoxy groups -OCH3 is 1. The third-order valence-corrected chi connectivity index (χ3v) is 6.97. The highest BCUT2D eigenvalue weighted by molar-refractivity contribution is 6.31. The van der Waals surface area contributed by atoms with E-state index in [1.54, 1.807) is 13.2 Å². The third-order valence-electron chi connectivity index (χ3n) is 6.74. The minimum Gasteiger partial charge on any atom is -0.497 e. The van der Waals surface area contributed by atoms with Crippen molar-refractivity contribution in [2.24, 2.45) is 5.10 Å². The molecule has 0 aromatic heterocycles. The number of hydrogen-bond donors (Lipinski definition) is 1. The molecule has 6 heteroatoms. The van der Waals surface area contributed by atoms with Crippen LogP contribution >= 0.6 is 11.6 Å². The van der Waals surface area contributed by atoms with Crippen LogP contribution in [0, 0.1) is 0 Å². The first-order valence-corrected chi connectivity index (χ1v) is 11.8. The number of amides is 1. The lowest BCUT2D eigenvalue weighted by Gasteiger charge is -2.37. The summed E-state index contributed by atoms with van der Waals surface area (Å²) in [6.07, 6.45) is 0. The number of nitrogens with one attached hydrogen (secondary N) is 1. The fraction of sp³-hybridized carbons (Fsp3) is 0.103. The molecule has 2 aliphatic rings. The molecule has 0 saturated heterocycles. The number of fused-ring (bicyclic) bond motifs is 2. The van der Waals surface area contributed by atoms with Crippen molar-refractivity contribution < 1.29 is 9.53 Å². The Balaban J connectivity index is 1.66. The molecule has 0 radical (unpaired) electrons. The fourth-order valence-corrected chi connectivity index (χ4v) is 5.39. The van der Waals surface area contributed by atoms with Crippen LogP contribution in [0.25, 0.3) is 0 Å². The van der Waals surface area contributed by atoms with Gasteiger partial charge in [0.25, 0.3) is 5.91 Å². The molecule has 1 N–H and O–H groups in total. The maximum Gasteiger partial charge on any atom is 0.258 e. The standard InChI is InChI=1S/C29H22ClN3O2/c1-35-23-15-12-20(13-16-23)27-26(19-8-4-2-5-9-19)29(33(32-27)22-10-6-3-7-11-22)24-17-14-21(30)18-25(24)31-28(29)34/h2-18,26H,1H3,(H,31,34)/t26-,29-/m0/s1. The van der Waals surface area contributed by atoms with Gasteiger partial charge in [-0.15, -0.1) is 0 Å². The maximum atomic E-state index is 14.1. The number of carbonyl (C=O) groups excluding carboxylic acids is 1. The van der Waals surface area contributed by atoms with Gasteiger partial charge in [0.15, 0.2) is 5.54 Å². The topological polar surface area (TPSA) is 53.9 Å². The van der Waals surface area contributed by atoms with Gasteiger partial charge in [-0.25, -0.2) is 5.01 Å². The van der Waals surface area contributed by atoms with E-state index < -0.39 is 5.54 Å². The van der Waals surface area contributed by atoms with Crippen LogP contribution < -0.4 is 15.1 Å². The van der Waals surface area contributed by atoms with Crippen molar-refractivity contribution in [1.82, 2.24) is 0 Å². The number of benzene rings is 4. The van der Waals surface area contributed by atoms with Crippen LogP contribution in [-0.2, 0) is 10.3 Å². The Kier molecular flexibility index (Phi) is 5.08. The lowest BCUT2D eigenvalue weighted by Crippen LogP contribution is -2.50. The number of hydrogen-bond acceptors (Lipinski definition) is 4. The van der Waals surface area contributed by atoms with Gasteiger partial charge in [-0.1, -0.05) is 66.2 Å². The van der Waals surface area contributed by atoms with Gasteiger partial charge >= 0.3 is 0 Å². The molecule has 0 unspecified atom stereocenters. The first-order valence-electron chi connectivity index (χ1n) is 11.4. The Labute approximate surface area is 208 Å². The molecule has 0 aliphatic carbocycles. The van der Waals surface area contributed by atoms with E-state index in [2.05, 4.69) is 17.4 Å². The lowest BCUT2D eigenvalue weighted by molar-refractivity contribution is -0.120. The number of rotatable bonds is 4. The van der Waals surface area contributed by atoms with Gasteiger partial charge in [-0.05, 0) is 59.7 Å². The SMILES string of the molecule is COc1ccc(C2=NN(c3ccccc3)[C@]3(C(=O)Nc4cc(Cl)ccc43)[C@H]2c2ccccc2)cc1. The number of para-hydroxylation sites is 1. The largest absolute Gasteiger partial charge is 0.497 e. The smallest absolute Gasteiger partial charge is 0.258 e. The molecule has 0 saturated carbocycles. The highest BCUT2D eigenvalue weighted by Gasteiger charge is 2.62. The van der Waals surface area contributed by atoms with Crippen LogP contribution in [0.5, 0.6) is 5.75 Å². The second-order valence-corrected chi connectivity index (χ2v) is 9.05. The third kappa shape index (κ3) is 3.23. The first-order chi connectivity index (χ1) is 17.1. The molecular weight excluding hydrogens is 458 g/mol. The summed E-state index contributed by atoms with van der Waals surface area (Å²) < 4.78 is 5.37. The summed E-state index contributed by atoms with van der Waals surface area (Å²) in [5, 5.41) is 10.7. The molecule has 35 heavy (non-hydrogen) atoms. The molecule has 0 fully saturated rings. The molecule has 2 aliphatic heterocycles. The fourth-order valence-electron chi connectivity index (χ4n) is 5.21. The van der Waals surface area contributed by atoms with E-state index in [9.17, 15) is 4.79 Å². The van der Waals surface area contributed by atoms with Crippen molar-refractivity contribution in [3.63, 3.8) is 0 Å². The monoisotopic (exact) mass is 479 g/mol. The number of anilines is 2. The molecular formula is C29H22ClN3O2. The summed E-state index contributed by atoms with van der Waals surface area (Å²) >= 11 is 6.32. The molecule has 4 aromatic carbocycles. The van der Waals surface area contributed by atoms with E-state index in [4.69, 9.17) is 21.4 Å².